The number of hydrogen-bond acceptors (Lipinski definition) is 2. The quantitative estimate of drug-likeness (QED) is 0.853. The van der Waals surface area contributed by atoms with E-state index in [1.165, 1.54) is 15.8 Å². The van der Waals surface area contributed by atoms with Gasteiger partial charge in [-0.05, 0) is 55.5 Å². The SMILES string of the molecule is CCc1ccc(CC(CN)Cc2ccccc2F)s1. The molecule has 0 bridgehead atoms. The Labute approximate surface area is 118 Å². The van der Waals surface area contributed by atoms with Gasteiger partial charge in [0, 0.05) is 9.75 Å². The van der Waals surface area contributed by atoms with Crippen molar-refractivity contribution < 1.29 is 4.39 Å². The molecular formula is C16H20FNS. The normalized spacial score (nSPS) is 12.6. The van der Waals surface area contributed by atoms with Crippen molar-refractivity contribution in [3.63, 3.8) is 0 Å². The highest BCUT2D eigenvalue weighted by Crippen LogP contribution is 2.22. The second-order valence-electron chi connectivity index (χ2n) is 4.82. The van der Waals surface area contributed by atoms with Crippen LogP contribution in [0.15, 0.2) is 36.4 Å². The Morgan fingerprint density at radius 1 is 1.11 bits per heavy atom. The first-order chi connectivity index (χ1) is 9.22. The molecule has 2 rings (SSSR count). The molecule has 1 nitrogen and oxygen atoms in total. The van der Waals surface area contributed by atoms with E-state index in [1.54, 1.807) is 6.07 Å². The third-order valence-electron chi connectivity index (χ3n) is 3.36. The maximum Gasteiger partial charge on any atom is 0.126 e. The molecule has 0 aliphatic carbocycles. The zero-order valence-corrected chi connectivity index (χ0v) is 12.0. The summed E-state index contributed by atoms with van der Waals surface area (Å²) >= 11 is 1.84. The van der Waals surface area contributed by atoms with E-state index in [1.807, 2.05) is 23.5 Å². The third-order valence-corrected chi connectivity index (χ3v) is 4.61. The molecule has 0 fully saturated rings. The minimum atomic E-state index is -0.124. The molecule has 1 aromatic carbocycles. The second-order valence-corrected chi connectivity index (χ2v) is 6.08. The molecule has 19 heavy (non-hydrogen) atoms. The van der Waals surface area contributed by atoms with Crippen LogP contribution < -0.4 is 5.73 Å². The molecule has 2 N–H and O–H groups in total. The number of rotatable bonds is 6. The van der Waals surface area contributed by atoms with Crippen LogP contribution in [0.5, 0.6) is 0 Å². The van der Waals surface area contributed by atoms with Crippen molar-refractivity contribution in [3.05, 3.63) is 57.5 Å². The van der Waals surface area contributed by atoms with E-state index in [4.69, 9.17) is 5.73 Å². The van der Waals surface area contributed by atoms with Crippen molar-refractivity contribution in [1.82, 2.24) is 0 Å². The van der Waals surface area contributed by atoms with Crippen LogP contribution in [0.25, 0.3) is 0 Å². The Hall–Kier alpha value is -1.19. The van der Waals surface area contributed by atoms with Crippen molar-refractivity contribution in [2.24, 2.45) is 11.7 Å². The van der Waals surface area contributed by atoms with Crippen molar-refractivity contribution >= 4 is 11.3 Å². The molecule has 0 aliphatic rings. The lowest BCUT2D eigenvalue weighted by atomic mass is 9.95. The molecule has 0 aliphatic heterocycles. The van der Waals surface area contributed by atoms with Crippen molar-refractivity contribution in [2.45, 2.75) is 26.2 Å². The van der Waals surface area contributed by atoms with Crippen LogP contribution >= 0.6 is 11.3 Å². The van der Waals surface area contributed by atoms with Gasteiger partial charge in [0.05, 0.1) is 0 Å². The predicted molar refractivity (Wildman–Crippen MR) is 80.0 cm³/mol. The van der Waals surface area contributed by atoms with Crippen LogP contribution in [0.1, 0.15) is 22.2 Å². The monoisotopic (exact) mass is 277 g/mol. The fourth-order valence-corrected chi connectivity index (χ4v) is 3.29. The molecule has 0 saturated heterocycles. The summed E-state index contributed by atoms with van der Waals surface area (Å²) in [4.78, 5) is 2.75. The second kappa shape index (κ2) is 6.83. The first-order valence-electron chi connectivity index (χ1n) is 6.74. The summed E-state index contributed by atoms with van der Waals surface area (Å²) in [7, 11) is 0. The van der Waals surface area contributed by atoms with Crippen LogP contribution in [-0.4, -0.2) is 6.54 Å². The number of thiophene rings is 1. The van der Waals surface area contributed by atoms with Crippen molar-refractivity contribution in [2.75, 3.05) is 6.54 Å². The Morgan fingerprint density at radius 2 is 1.84 bits per heavy atom. The highest BCUT2D eigenvalue weighted by Gasteiger charge is 2.12. The highest BCUT2D eigenvalue weighted by atomic mass is 32.1. The lowest BCUT2D eigenvalue weighted by Crippen LogP contribution is -2.19. The minimum Gasteiger partial charge on any atom is -0.330 e. The average molecular weight is 277 g/mol. The van der Waals surface area contributed by atoms with Crippen LogP contribution in [0.2, 0.25) is 0 Å². The highest BCUT2D eigenvalue weighted by molar-refractivity contribution is 7.11. The molecular weight excluding hydrogens is 257 g/mol. The molecule has 102 valence electrons. The van der Waals surface area contributed by atoms with E-state index < -0.39 is 0 Å². The van der Waals surface area contributed by atoms with Gasteiger partial charge in [-0.1, -0.05) is 25.1 Å². The van der Waals surface area contributed by atoms with Gasteiger partial charge >= 0.3 is 0 Å². The van der Waals surface area contributed by atoms with Gasteiger partial charge in [-0.15, -0.1) is 11.3 Å². The number of halogens is 1. The standard InChI is InChI=1S/C16H20FNS/c1-2-14-7-8-15(19-14)10-12(11-18)9-13-5-3-4-6-16(13)17/h3-8,12H,2,9-11,18H2,1H3. The fourth-order valence-electron chi connectivity index (χ4n) is 2.22. The summed E-state index contributed by atoms with van der Waals surface area (Å²) in [5, 5.41) is 0. The Morgan fingerprint density at radius 3 is 2.47 bits per heavy atom. The molecule has 1 atom stereocenters. The lowest BCUT2D eigenvalue weighted by molar-refractivity contribution is 0.515. The molecule has 0 radical (unpaired) electrons. The van der Waals surface area contributed by atoms with Crippen LogP contribution in [-0.2, 0) is 19.3 Å². The van der Waals surface area contributed by atoms with Crippen LogP contribution in [0, 0.1) is 11.7 Å². The van der Waals surface area contributed by atoms with Gasteiger partial charge in [0.1, 0.15) is 5.82 Å². The maximum atomic E-state index is 13.6. The topological polar surface area (TPSA) is 26.0 Å². The predicted octanol–water partition coefficient (Wildman–Crippen LogP) is 3.81. The summed E-state index contributed by atoms with van der Waals surface area (Å²) in [6.45, 7) is 2.75. The molecule has 1 aromatic heterocycles. The first kappa shape index (κ1) is 14.2. The Kier molecular flexibility index (Phi) is 5.11. The van der Waals surface area contributed by atoms with Gasteiger partial charge in [-0.25, -0.2) is 4.39 Å². The van der Waals surface area contributed by atoms with Crippen molar-refractivity contribution in [1.29, 1.82) is 0 Å². The molecule has 1 heterocycles. The summed E-state index contributed by atoms with van der Waals surface area (Å²) in [5.74, 6) is 0.182. The largest absolute Gasteiger partial charge is 0.330 e. The number of nitrogens with two attached hydrogens (primary N) is 1. The van der Waals surface area contributed by atoms with Crippen LogP contribution in [0.4, 0.5) is 4.39 Å². The fraction of sp³-hybridized carbons (Fsp3) is 0.375. The average Bonchev–Trinajstić information content (AvgIpc) is 2.88. The van der Waals surface area contributed by atoms with Gasteiger partial charge in [0.2, 0.25) is 0 Å². The summed E-state index contributed by atoms with van der Waals surface area (Å²) in [5.41, 5.74) is 6.61. The summed E-state index contributed by atoms with van der Waals surface area (Å²) in [6.07, 6.45) is 2.73. The van der Waals surface area contributed by atoms with E-state index in [9.17, 15) is 4.39 Å². The van der Waals surface area contributed by atoms with Gasteiger partial charge < -0.3 is 5.73 Å². The Balaban J connectivity index is 2.02. The molecule has 1 unspecified atom stereocenters. The summed E-state index contributed by atoms with van der Waals surface area (Å²) in [6, 6.07) is 11.3. The van der Waals surface area contributed by atoms with Gasteiger partial charge in [-0.2, -0.15) is 0 Å². The summed E-state index contributed by atoms with van der Waals surface area (Å²) < 4.78 is 13.6. The maximum absolute atomic E-state index is 13.6. The van der Waals surface area contributed by atoms with E-state index in [2.05, 4.69) is 19.1 Å². The molecule has 2 aromatic rings. The van der Waals surface area contributed by atoms with Gasteiger partial charge in [0.15, 0.2) is 0 Å². The molecule has 0 saturated carbocycles. The number of hydrogen-bond donors (Lipinski definition) is 1. The van der Waals surface area contributed by atoms with Gasteiger partial charge in [0.25, 0.3) is 0 Å². The lowest BCUT2D eigenvalue weighted by Gasteiger charge is -2.14. The van der Waals surface area contributed by atoms with E-state index in [-0.39, 0.29) is 5.82 Å². The molecule has 3 heteroatoms. The van der Waals surface area contributed by atoms with E-state index in [0.29, 0.717) is 18.9 Å². The minimum absolute atomic E-state index is 0.124. The Bertz CT molecular complexity index is 521. The van der Waals surface area contributed by atoms with Gasteiger partial charge in [-0.3, -0.25) is 0 Å². The number of benzene rings is 1. The number of aryl methyl sites for hydroxylation is 1. The molecule has 0 spiro atoms. The zero-order chi connectivity index (χ0) is 13.7. The van der Waals surface area contributed by atoms with Crippen LogP contribution in [0.3, 0.4) is 0 Å². The third kappa shape index (κ3) is 3.88. The van der Waals surface area contributed by atoms with Crippen molar-refractivity contribution in [3.8, 4) is 0 Å². The molecule has 0 amide bonds. The zero-order valence-electron chi connectivity index (χ0n) is 11.2. The van der Waals surface area contributed by atoms with E-state index in [0.717, 1.165) is 18.4 Å². The van der Waals surface area contributed by atoms with E-state index >= 15 is 0 Å². The first-order valence-corrected chi connectivity index (χ1v) is 7.55. The smallest absolute Gasteiger partial charge is 0.126 e.